The van der Waals surface area contributed by atoms with Crippen LogP contribution in [0.25, 0.3) is 0 Å². The molecule has 1 atom stereocenters. The van der Waals surface area contributed by atoms with E-state index in [0.29, 0.717) is 6.07 Å². The van der Waals surface area contributed by atoms with Gasteiger partial charge < -0.3 is 16.2 Å². The fraction of sp³-hybridized carbons (Fsp3) is 0.250. The molecule has 4 N–H and O–H groups in total. The second-order valence-electron chi connectivity index (χ2n) is 4.62. The van der Waals surface area contributed by atoms with Crippen molar-refractivity contribution in [3.8, 4) is 0 Å². The highest BCUT2D eigenvalue weighted by Gasteiger charge is 2.24. The van der Waals surface area contributed by atoms with Crippen LogP contribution in [0.5, 0.6) is 0 Å². The SMILES string of the molecule is NC(=O)CCC(NC(=O)c1cc([N+](=O)[O-])cc([N+](=O)[O-])c1)C(=O)O. The summed E-state index contributed by atoms with van der Waals surface area (Å²) in [7, 11) is 0. The molecule has 0 aliphatic rings. The Balaban J connectivity index is 3.08. The number of nitrogens with two attached hydrogens (primary N) is 1. The van der Waals surface area contributed by atoms with Gasteiger partial charge in [-0.15, -0.1) is 0 Å². The molecule has 0 aliphatic heterocycles. The summed E-state index contributed by atoms with van der Waals surface area (Å²) in [5.41, 5.74) is 3.05. The predicted octanol–water partition coefficient (Wildman–Crippen LogP) is -0.0485. The van der Waals surface area contributed by atoms with Gasteiger partial charge in [-0.3, -0.25) is 29.8 Å². The number of carbonyl (C=O) groups is 3. The molecule has 24 heavy (non-hydrogen) atoms. The van der Waals surface area contributed by atoms with Crippen LogP contribution in [-0.4, -0.2) is 38.8 Å². The molecule has 0 spiro atoms. The predicted molar refractivity (Wildman–Crippen MR) is 77.1 cm³/mol. The Hall–Kier alpha value is -3.57. The molecule has 0 aromatic heterocycles. The highest BCUT2D eigenvalue weighted by atomic mass is 16.6. The summed E-state index contributed by atoms with van der Waals surface area (Å²) in [5, 5.41) is 32.5. The lowest BCUT2D eigenvalue weighted by molar-refractivity contribution is -0.394. The van der Waals surface area contributed by atoms with Gasteiger partial charge in [-0.25, -0.2) is 4.79 Å². The molecule has 0 bridgehead atoms. The standard InChI is InChI=1S/C12H12N4O8/c13-10(17)2-1-9(12(19)20)14-11(18)6-3-7(15(21)22)5-8(4-6)16(23)24/h3-5,9H,1-2H2,(H2,13,17)(H,14,18)(H,19,20). The number of rotatable bonds is 8. The summed E-state index contributed by atoms with van der Waals surface area (Å²) in [5.74, 6) is -3.30. The summed E-state index contributed by atoms with van der Waals surface area (Å²) in [6.07, 6.45) is -0.611. The van der Waals surface area contributed by atoms with Crippen LogP contribution in [0.3, 0.4) is 0 Å². The van der Waals surface area contributed by atoms with Gasteiger partial charge in [-0.05, 0) is 6.42 Å². The molecule has 12 nitrogen and oxygen atoms in total. The van der Waals surface area contributed by atoms with Gasteiger partial charge in [0.2, 0.25) is 5.91 Å². The largest absolute Gasteiger partial charge is 0.480 e. The van der Waals surface area contributed by atoms with E-state index in [1.54, 1.807) is 0 Å². The molecule has 0 radical (unpaired) electrons. The Bertz CT molecular complexity index is 685. The van der Waals surface area contributed by atoms with Crippen LogP contribution in [0.2, 0.25) is 0 Å². The van der Waals surface area contributed by atoms with Crippen LogP contribution in [0, 0.1) is 20.2 Å². The van der Waals surface area contributed by atoms with E-state index in [0.717, 1.165) is 12.1 Å². The number of nitro groups is 2. The van der Waals surface area contributed by atoms with Gasteiger partial charge in [-0.1, -0.05) is 0 Å². The number of nitro benzene ring substituents is 2. The highest BCUT2D eigenvalue weighted by Crippen LogP contribution is 2.22. The smallest absolute Gasteiger partial charge is 0.326 e. The summed E-state index contributed by atoms with van der Waals surface area (Å²) >= 11 is 0. The normalized spacial score (nSPS) is 11.3. The van der Waals surface area contributed by atoms with E-state index in [1.165, 1.54) is 0 Å². The fourth-order valence-electron chi connectivity index (χ4n) is 1.72. The van der Waals surface area contributed by atoms with Crippen LogP contribution in [0.4, 0.5) is 11.4 Å². The monoisotopic (exact) mass is 340 g/mol. The number of amides is 2. The lowest BCUT2D eigenvalue weighted by Crippen LogP contribution is -2.41. The molecule has 2 amide bonds. The molecular weight excluding hydrogens is 328 g/mol. The van der Waals surface area contributed by atoms with Gasteiger partial charge in [0.15, 0.2) is 0 Å². The summed E-state index contributed by atoms with van der Waals surface area (Å²) in [4.78, 5) is 53.4. The van der Waals surface area contributed by atoms with E-state index < -0.39 is 50.6 Å². The minimum Gasteiger partial charge on any atom is -0.480 e. The van der Waals surface area contributed by atoms with Crippen molar-refractivity contribution in [3.05, 3.63) is 44.0 Å². The zero-order valence-electron chi connectivity index (χ0n) is 12.0. The minimum absolute atomic E-state index is 0.298. The van der Waals surface area contributed by atoms with Crippen LogP contribution >= 0.6 is 0 Å². The van der Waals surface area contributed by atoms with Gasteiger partial charge in [0, 0.05) is 18.6 Å². The first kappa shape index (κ1) is 18.5. The molecular formula is C12H12N4O8. The number of nitrogens with zero attached hydrogens (tertiary/aromatic N) is 2. The van der Waals surface area contributed by atoms with Crippen molar-refractivity contribution in [1.29, 1.82) is 0 Å². The van der Waals surface area contributed by atoms with Gasteiger partial charge in [0.25, 0.3) is 17.3 Å². The maximum Gasteiger partial charge on any atom is 0.326 e. The van der Waals surface area contributed by atoms with Gasteiger partial charge in [0.05, 0.1) is 21.5 Å². The lowest BCUT2D eigenvalue weighted by Gasteiger charge is -2.13. The van der Waals surface area contributed by atoms with E-state index in [2.05, 4.69) is 0 Å². The van der Waals surface area contributed by atoms with Gasteiger partial charge in [-0.2, -0.15) is 0 Å². The number of benzene rings is 1. The maximum atomic E-state index is 12.0. The zero-order chi connectivity index (χ0) is 18.4. The van der Waals surface area contributed by atoms with E-state index in [4.69, 9.17) is 10.8 Å². The third-order valence-corrected chi connectivity index (χ3v) is 2.87. The van der Waals surface area contributed by atoms with Crippen molar-refractivity contribution < 1.29 is 29.3 Å². The molecule has 1 aromatic rings. The number of carbonyl (C=O) groups excluding carboxylic acids is 2. The Morgan fingerprint density at radius 1 is 1.12 bits per heavy atom. The number of aliphatic carboxylic acids is 1. The van der Waals surface area contributed by atoms with Gasteiger partial charge in [0.1, 0.15) is 6.04 Å². The van der Waals surface area contributed by atoms with E-state index >= 15 is 0 Å². The molecule has 0 aliphatic carbocycles. The molecule has 128 valence electrons. The van der Waals surface area contributed by atoms with Crippen LogP contribution in [0.15, 0.2) is 18.2 Å². The molecule has 0 saturated heterocycles. The Labute approximate surface area is 133 Å². The Kier molecular flexibility index (Phi) is 5.87. The number of nitrogens with one attached hydrogen (secondary N) is 1. The molecule has 0 fully saturated rings. The van der Waals surface area contributed by atoms with E-state index in [9.17, 15) is 34.6 Å². The fourth-order valence-corrected chi connectivity index (χ4v) is 1.72. The second-order valence-corrected chi connectivity index (χ2v) is 4.62. The number of non-ortho nitro benzene ring substituents is 2. The molecule has 1 unspecified atom stereocenters. The maximum absolute atomic E-state index is 12.0. The average Bonchev–Trinajstić information content (AvgIpc) is 2.49. The first-order valence-corrected chi connectivity index (χ1v) is 6.37. The van der Waals surface area contributed by atoms with Crippen molar-refractivity contribution >= 4 is 29.2 Å². The summed E-state index contributed by atoms with van der Waals surface area (Å²) in [6.45, 7) is 0. The molecule has 12 heteroatoms. The molecule has 0 saturated carbocycles. The average molecular weight is 340 g/mol. The Morgan fingerprint density at radius 3 is 2.00 bits per heavy atom. The minimum atomic E-state index is -1.48. The second kappa shape index (κ2) is 7.62. The lowest BCUT2D eigenvalue weighted by atomic mass is 10.1. The van der Waals surface area contributed by atoms with E-state index in [-0.39, 0.29) is 12.8 Å². The number of hydrogen-bond donors (Lipinski definition) is 3. The number of hydrogen-bond acceptors (Lipinski definition) is 7. The number of carboxylic acid groups (broad SMARTS) is 1. The third-order valence-electron chi connectivity index (χ3n) is 2.87. The number of primary amides is 1. The van der Waals surface area contributed by atoms with Crippen molar-refractivity contribution in [1.82, 2.24) is 5.32 Å². The quantitative estimate of drug-likeness (QED) is 0.432. The first-order chi connectivity index (χ1) is 11.1. The van der Waals surface area contributed by atoms with Crippen molar-refractivity contribution in [2.45, 2.75) is 18.9 Å². The molecule has 1 rings (SSSR count). The third kappa shape index (κ3) is 5.01. The Morgan fingerprint density at radius 2 is 1.62 bits per heavy atom. The van der Waals surface area contributed by atoms with E-state index in [1.807, 2.05) is 5.32 Å². The summed E-state index contributed by atoms with van der Waals surface area (Å²) < 4.78 is 0. The zero-order valence-corrected chi connectivity index (χ0v) is 12.0. The van der Waals surface area contributed by atoms with Crippen LogP contribution in [-0.2, 0) is 9.59 Å². The van der Waals surface area contributed by atoms with Crippen LogP contribution < -0.4 is 11.1 Å². The first-order valence-electron chi connectivity index (χ1n) is 6.37. The van der Waals surface area contributed by atoms with Crippen molar-refractivity contribution in [2.24, 2.45) is 5.73 Å². The summed E-state index contributed by atoms with van der Waals surface area (Å²) in [6, 6.07) is 0.728. The number of carboxylic acids is 1. The molecule has 0 heterocycles. The molecule has 1 aromatic carbocycles. The highest BCUT2D eigenvalue weighted by molar-refractivity contribution is 5.97. The topological polar surface area (TPSA) is 196 Å². The van der Waals surface area contributed by atoms with Gasteiger partial charge >= 0.3 is 5.97 Å². The van der Waals surface area contributed by atoms with Crippen molar-refractivity contribution in [2.75, 3.05) is 0 Å². The van der Waals surface area contributed by atoms with Crippen LogP contribution in [0.1, 0.15) is 23.2 Å². The van der Waals surface area contributed by atoms with Crippen molar-refractivity contribution in [3.63, 3.8) is 0 Å².